The summed E-state index contributed by atoms with van der Waals surface area (Å²) in [6.07, 6.45) is 1.14. The van der Waals surface area contributed by atoms with Crippen LogP contribution in [0.1, 0.15) is 26.7 Å². The Morgan fingerprint density at radius 3 is 2.57 bits per heavy atom. The first-order valence-electron chi connectivity index (χ1n) is 7.43. The van der Waals surface area contributed by atoms with E-state index in [9.17, 15) is 8.42 Å². The second-order valence-electron chi connectivity index (χ2n) is 5.17. The molecule has 0 radical (unpaired) electrons. The molecule has 0 aromatic heterocycles. The van der Waals surface area contributed by atoms with E-state index >= 15 is 0 Å². The fraction of sp³-hybridized carbons (Fsp3) is 0.600. The summed E-state index contributed by atoms with van der Waals surface area (Å²) in [4.78, 5) is 0. The van der Waals surface area contributed by atoms with Gasteiger partial charge in [0, 0.05) is 6.54 Å². The van der Waals surface area contributed by atoms with Gasteiger partial charge in [-0.2, -0.15) is 4.31 Å². The van der Waals surface area contributed by atoms with Gasteiger partial charge in [0.1, 0.15) is 12.7 Å². The average Bonchev–Trinajstić information content (AvgIpc) is 2.46. The molecule has 1 aliphatic rings. The number of nitrogens with zero attached hydrogens (tertiary/aromatic N) is 1. The lowest BCUT2D eigenvalue weighted by Gasteiger charge is -2.30. The van der Waals surface area contributed by atoms with E-state index in [2.05, 4.69) is 0 Å². The third-order valence-corrected chi connectivity index (χ3v) is 5.35. The first-order chi connectivity index (χ1) is 10.1. The number of fused-ring (bicyclic) bond motifs is 1. The molecule has 1 unspecified atom stereocenters. The molecule has 0 saturated carbocycles. The van der Waals surface area contributed by atoms with Crippen molar-refractivity contribution in [2.24, 2.45) is 0 Å². The van der Waals surface area contributed by atoms with E-state index in [4.69, 9.17) is 9.47 Å². The largest absolute Gasteiger partial charge is 0.486 e. The topological polar surface area (TPSA) is 55.8 Å². The van der Waals surface area contributed by atoms with Gasteiger partial charge in [0.2, 0.25) is 10.0 Å². The minimum absolute atomic E-state index is 0.178. The zero-order chi connectivity index (χ0) is 15.3. The number of hydrogen-bond donors (Lipinski definition) is 0. The number of ether oxygens (including phenoxy) is 2. The molecule has 1 atom stereocenters. The van der Waals surface area contributed by atoms with E-state index in [-0.39, 0.29) is 11.9 Å². The van der Waals surface area contributed by atoms with Gasteiger partial charge in [-0.15, -0.1) is 0 Å². The molecular weight excluding hydrogens is 290 g/mol. The van der Waals surface area contributed by atoms with Crippen LogP contribution in [0.4, 0.5) is 0 Å². The Kier molecular flexibility index (Phi) is 5.47. The highest BCUT2D eigenvalue weighted by Gasteiger charge is 2.28. The van der Waals surface area contributed by atoms with Gasteiger partial charge in [-0.05, 0) is 25.0 Å². The van der Waals surface area contributed by atoms with Gasteiger partial charge in [0.25, 0.3) is 0 Å². The van der Waals surface area contributed by atoms with Crippen LogP contribution in [-0.2, 0) is 10.0 Å². The Labute approximate surface area is 126 Å². The molecule has 0 bridgehead atoms. The summed E-state index contributed by atoms with van der Waals surface area (Å²) in [6.45, 7) is 5.08. The van der Waals surface area contributed by atoms with Crippen molar-refractivity contribution in [2.75, 3.05) is 25.4 Å². The normalized spacial score (nSPS) is 18.0. The molecular formula is C15H23NO4S. The van der Waals surface area contributed by atoms with Gasteiger partial charge in [0.05, 0.1) is 12.3 Å². The fourth-order valence-electron chi connectivity index (χ4n) is 2.36. The molecule has 6 heteroatoms. The van der Waals surface area contributed by atoms with Crippen molar-refractivity contribution < 1.29 is 17.9 Å². The van der Waals surface area contributed by atoms with Crippen LogP contribution in [0, 0.1) is 0 Å². The third-order valence-electron chi connectivity index (χ3n) is 3.30. The van der Waals surface area contributed by atoms with Crippen molar-refractivity contribution in [3.63, 3.8) is 0 Å². The Morgan fingerprint density at radius 1 is 1.19 bits per heavy atom. The predicted octanol–water partition coefficient (Wildman–Crippen LogP) is 2.28. The molecule has 1 aliphatic heterocycles. The summed E-state index contributed by atoms with van der Waals surface area (Å²) in [5.74, 6) is 1.57. The fourth-order valence-corrected chi connectivity index (χ4v) is 3.99. The van der Waals surface area contributed by atoms with Gasteiger partial charge >= 0.3 is 0 Å². The molecule has 0 N–H and O–H groups in total. The number of para-hydroxylation sites is 2. The number of hydrogen-bond acceptors (Lipinski definition) is 4. The summed E-state index contributed by atoms with van der Waals surface area (Å²) in [5, 5.41) is 0. The minimum atomic E-state index is -3.21. The molecule has 0 fully saturated rings. The van der Waals surface area contributed by atoms with E-state index in [1.807, 2.05) is 38.1 Å². The summed E-state index contributed by atoms with van der Waals surface area (Å²) in [7, 11) is -3.21. The molecule has 118 valence electrons. The van der Waals surface area contributed by atoms with Crippen LogP contribution < -0.4 is 9.47 Å². The summed E-state index contributed by atoms with van der Waals surface area (Å²) in [6, 6.07) is 7.45. The van der Waals surface area contributed by atoms with Crippen molar-refractivity contribution >= 4 is 10.0 Å². The first-order valence-corrected chi connectivity index (χ1v) is 9.04. The molecule has 1 aromatic rings. The van der Waals surface area contributed by atoms with Crippen molar-refractivity contribution in [1.82, 2.24) is 4.31 Å². The average molecular weight is 313 g/mol. The van der Waals surface area contributed by atoms with Crippen molar-refractivity contribution in [1.29, 1.82) is 0 Å². The lowest BCUT2D eigenvalue weighted by atomic mass is 10.2. The van der Waals surface area contributed by atoms with Crippen LogP contribution in [0.15, 0.2) is 24.3 Å². The SMILES string of the molecule is CCCN(CC1COc2ccccc2O1)S(=O)(=O)CCC. The van der Waals surface area contributed by atoms with E-state index in [0.29, 0.717) is 37.6 Å². The number of benzene rings is 1. The minimum Gasteiger partial charge on any atom is -0.486 e. The predicted molar refractivity (Wildman–Crippen MR) is 82.3 cm³/mol. The standard InChI is InChI=1S/C15H23NO4S/c1-3-9-16(21(17,18)10-4-2)11-13-12-19-14-7-5-6-8-15(14)20-13/h5-8,13H,3-4,9-12H2,1-2H3. The smallest absolute Gasteiger partial charge is 0.214 e. The number of rotatable bonds is 7. The highest BCUT2D eigenvalue weighted by molar-refractivity contribution is 7.89. The van der Waals surface area contributed by atoms with E-state index < -0.39 is 10.0 Å². The van der Waals surface area contributed by atoms with Crippen LogP contribution in [0.25, 0.3) is 0 Å². The van der Waals surface area contributed by atoms with Crippen LogP contribution in [0.2, 0.25) is 0 Å². The molecule has 0 spiro atoms. The zero-order valence-electron chi connectivity index (χ0n) is 12.6. The van der Waals surface area contributed by atoms with Crippen LogP contribution in [0.5, 0.6) is 11.5 Å². The number of sulfonamides is 1. The maximum Gasteiger partial charge on any atom is 0.214 e. The maximum absolute atomic E-state index is 12.3. The van der Waals surface area contributed by atoms with E-state index in [1.165, 1.54) is 4.31 Å². The molecule has 0 amide bonds. The van der Waals surface area contributed by atoms with E-state index in [1.54, 1.807) is 0 Å². The first kappa shape index (κ1) is 16.1. The molecule has 0 saturated heterocycles. The van der Waals surface area contributed by atoms with Crippen LogP contribution >= 0.6 is 0 Å². The van der Waals surface area contributed by atoms with Crippen LogP contribution in [-0.4, -0.2) is 44.3 Å². The van der Waals surface area contributed by atoms with Crippen molar-refractivity contribution in [3.8, 4) is 11.5 Å². The monoisotopic (exact) mass is 313 g/mol. The quantitative estimate of drug-likeness (QED) is 0.775. The maximum atomic E-state index is 12.3. The summed E-state index contributed by atoms with van der Waals surface area (Å²) in [5.41, 5.74) is 0. The molecule has 1 aromatic carbocycles. The van der Waals surface area contributed by atoms with Crippen molar-refractivity contribution in [2.45, 2.75) is 32.8 Å². The molecule has 1 heterocycles. The van der Waals surface area contributed by atoms with Gasteiger partial charge in [-0.25, -0.2) is 8.42 Å². The second kappa shape index (κ2) is 7.13. The third kappa shape index (κ3) is 4.11. The Hall–Kier alpha value is -1.27. The highest BCUT2D eigenvalue weighted by atomic mass is 32.2. The second-order valence-corrected chi connectivity index (χ2v) is 7.26. The van der Waals surface area contributed by atoms with Gasteiger partial charge in [-0.3, -0.25) is 0 Å². The Balaban J connectivity index is 2.05. The highest BCUT2D eigenvalue weighted by Crippen LogP contribution is 2.31. The van der Waals surface area contributed by atoms with Crippen molar-refractivity contribution in [3.05, 3.63) is 24.3 Å². The molecule has 0 aliphatic carbocycles. The Morgan fingerprint density at radius 2 is 1.90 bits per heavy atom. The lowest BCUT2D eigenvalue weighted by molar-refractivity contribution is 0.0764. The lowest BCUT2D eigenvalue weighted by Crippen LogP contribution is -2.44. The van der Waals surface area contributed by atoms with Gasteiger partial charge in [-0.1, -0.05) is 26.0 Å². The molecule has 5 nitrogen and oxygen atoms in total. The van der Waals surface area contributed by atoms with Gasteiger partial charge in [0.15, 0.2) is 11.5 Å². The van der Waals surface area contributed by atoms with Crippen LogP contribution in [0.3, 0.4) is 0 Å². The molecule has 2 rings (SSSR count). The van der Waals surface area contributed by atoms with Gasteiger partial charge < -0.3 is 9.47 Å². The zero-order valence-corrected chi connectivity index (χ0v) is 13.4. The van der Waals surface area contributed by atoms with E-state index in [0.717, 1.165) is 6.42 Å². The molecule has 21 heavy (non-hydrogen) atoms. The summed E-state index contributed by atoms with van der Waals surface area (Å²) >= 11 is 0. The summed E-state index contributed by atoms with van der Waals surface area (Å²) < 4.78 is 37.6. The Bertz CT molecular complexity index is 559.